The Labute approximate surface area is 115 Å². The van der Waals surface area contributed by atoms with E-state index in [9.17, 15) is 8.42 Å². The monoisotopic (exact) mass is 339 g/mol. The van der Waals surface area contributed by atoms with Crippen molar-refractivity contribution in [1.29, 1.82) is 0 Å². The summed E-state index contributed by atoms with van der Waals surface area (Å²) in [7, 11) is 1.75. The SMILES string of the molecule is CCCN(C(C)c1ccccc1Br)S(=O)(=O)Cl. The lowest BCUT2D eigenvalue weighted by Gasteiger charge is -2.26. The fourth-order valence-electron chi connectivity index (χ4n) is 1.68. The van der Waals surface area contributed by atoms with Crippen LogP contribution in [0.1, 0.15) is 31.9 Å². The van der Waals surface area contributed by atoms with E-state index in [1.54, 1.807) is 0 Å². The van der Waals surface area contributed by atoms with Crippen LogP contribution in [-0.2, 0) is 9.24 Å². The summed E-state index contributed by atoms with van der Waals surface area (Å²) in [6.07, 6.45) is 0.723. The molecule has 96 valence electrons. The summed E-state index contributed by atoms with van der Waals surface area (Å²) in [5.74, 6) is 0. The highest BCUT2D eigenvalue weighted by molar-refractivity contribution is 9.10. The summed E-state index contributed by atoms with van der Waals surface area (Å²) >= 11 is 3.42. The maximum absolute atomic E-state index is 11.5. The van der Waals surface area contributed by atoms with Crippen LogP contribution in [0.25, 0.3) is 0 Å². The molecule has 0 heterocycles. The second-order valence-electron chi connectivity index (χ2n) is 3.75. The summed E-state index contributed by atoms with van der Waals surface area (Å²) < 4.78 is 25.2. The van der Waals surface area contributed by atoms with Gasteiger partial charge in [-0.25, -0.2) is 0 Å². The van der Waals surface area contributed by atoms with Crippen molar-refractivity contribution in [2.75, 3.05) is 6.54 Å². The molecule has 0 aromatic heterocycles. The van der Waals surface area contributed by atoms with E-state index in [0.29, 0.717) is 6.54 Å². The molecule has 0 aliphatic heterocycles. The van der Waals surface area contributed by atoms with Gasteiger partial charge in [-0.15, -0.1) is 0 Å². The van der Waals surface area contributed by atoms with E-state index in [1.165, 1.54) is 4.31 Å². The van der Waals surface area contributed by atoms with Crippen LogP contribution < -0.4 is 0 Å². The van der Waals surface area contributed by atoms with Gasteiger partial charge in [0.05, 0.1) is 0 Å². The Morgan fingerprint density at radius 2 is 2.00 bits per heavy atom. The minimum absolute atomic E-state index is 0.284. The van der Waals surface area contributed by atoms with Gasteiger partial charge in [-0.05, 0) is 25.0 Å². The van der Waals surface area contributed by atoms with Gasteiger partial charge < -0.3 is 0 Å². The van der Waals surface area contributed by atoms with Gasteiger partial charge in [0.15, 0.2) is 0 Å². The second-order valence-corrected chi connectivity index (χ2v) is 7.07. The van der Waals surface area contributed by atoms with E-state index in [2.05, 4.69) is 15.9 Å². The van der Waals surface area contributed by atoms with E-state index in [-0.39, 0.29) is 6.04 Å². The lowest BCUT2D eigenvalue weighted by atomic mass is 10.1. The Morgan fingerprint density at radius 3 is 2.47 bits per heavy atom. The van der Waals surface area contributed by atoms with E-state index >= 15 is 0 Å². The molecule has 0 saturated carbocycles. The molecule has 1 rings (SSSR count). The van der Waals surface area contributed by atoms with Crippen LogP contribution >= 0.6 is 26.6 Å². The van der Waals surface area contributed by atoms with Crippen LogP contribution in [0.3, 0.4) is 0 Å². The molecular formula is C11H15BrClNO2S. The number of hydrogen-bond donors (Lipinski definition) is 0. The fraction of sp³-hybridized carbons (Fsp3) is 0.455. The maximum atomic E-state index is 11.5. The average Bonchev–Trinajstić information content (AvgIpc) is 2.24. The molecule has 0 fully saturated rings. The van der Waals surface area contributed by atoms with Gasteiger partial charge in [0.1, 0.15) is 0 Å². The molecular weight excluding hydrogens is 326 g/mol. The highest BCUT2D eigenvalue weighted by atomic mass is 79.9. The Morgan fingerprint density at radius 1 is 1.41 bits per heavy atom. The first kappa shape index (κ1) is 15.0. The van der Waals surface area contributed by atoms with Gasteiger partial charge >= 0.3 is 0 Å². The first-order valence-corrected chi connectivity index (χ1v) is 8.39. The molecule has 1 unspecified atom stereocenters. The Hall–Kier alpha value is -0.100. The first-order valence-electron chi connectivity index (χ1n) is 5.33. The van der Waals surface area contributed by atoms with Gasteiger partial charge in [-0.2, -0.15) is 12.7 Å². The molecule has 0 bridgehead atoms. The van der Waals surface area contributed by atoms with Crippen molar-refractivity contribution in [1.82, 2.24) is 4.31 Å². The quantitative estimate of drug-likeness (QED) is 0.766. The molecule has 1 atom stereocenters. The summed E-state index contributed by atoms with van der Waals surface area (Å²) in [6, 6.07) is 7.25. The first-order chi connectivity index (χ1) is 7.88. The number of benzene rings is 1. The van der Waals surface area contributed by atoms with Crippen LogP contribution in [0.4, 0.5) is 0 Å². The Bertz CT molecular complexity index is 478. The van der Waals surface area contributed by atoms with Crippen LogP contribution in [0.5, 0.6) is 0 Å². The van der Waals surface area contributed by atoms with Crippen molar-refractivity contribution < 1.29 is 8.42 Å². The van der Waals surface area contributed by atoms with Gasteiger partial charge in [0.25, 0.3) is 9.24 Å². The lowest BCUT2D eigenvalue weighted by molar-refractivity contribution is 0.349. The molecule has 0 amide bonds. The maximum Gasteiger partial charge on any atom is 0.300 e. The molecule has 1 aromatic rings. The third kappa shape index (κ3) is 3.95. The third-order valence-corrected chi connectivity index (χ3v) is 4.82. The van der Waals surface area contributed by atoms with Crippen molar-refractivity contribution in [3.8, 4) is 0 Å². The molecule has 0 radical (unpaired) electrons. The molecule has 6 heteroatoms. The molecule has 0 saturated heterocycles. The number of halogens is 2. The predicted octanol–water partition coefficient (Wildman–Crippen LogP) is 3.71. The molecule has 3 nitrogen and oxygen atoms in total. The Balaban J connectivity index is 3.09. The summed E-state index contributed by atoms with van der Waals surface area (Å²) in [5.41, 5.74) is 0.908. The van der Waals surface area contributed by atoms with E-state index in [4.69, 9.17) is 10.7 Å². The van der Waals surface area contributed by atoms with Crippen LogP contribution in [0.2, 0.25) is 0 Å². The lowest BCUT2D eigenvalue weighted by Crippen LogP contribution is -2.31. The summed E-state index contributed by atoms with van der Waals surface area (Å²) in [5, 5.41) is 0. The summed E-state index contributed by atoms with van der Waals surface area (Å²) in [6.45, 7) is 4.16. The standard InChI is InChI=1S/C11H15BrClNO2S/c1-3-8-14(17(13,15)16)9(2)10-6-4-5-7-11(10)12/h4-7,9H,3,8H2,1-2H3. The Kier molecular flexibility index (Phi) is 5.44. The zero-order chi connectivity index (χ0) is 13.1. The van der Waals surface area contributed by atoms with Gasteiger partial charge in [-0.3, -0.25) is 0 Å². The number of rotatable bonds is 5. The van der Waals surface area contributed by atoms with Gasteiger partial charge in [0.2, 0.25) is 0 Å². The molecule has 1 aromatic carbocycles. The second kappa shape index (κ2) is 6.18. The topological polar surface area (TPSA) is 37.4 Å². The van der Waals surface area contributed by atoms with Crippen molar-refractivity contribution >= 4 is 35.8 Å². The fourth-order valence-corrected chi connectivity index (χ4v) is 3.75. The van der Waals surface area contributed by atoms with Crippen molar-refractivity contribution in [3.05, 3.63) is 34.3 Å². The molecule has 0 spiro atoms. The van der Waals surface area contributed by atoms with Crippen LogP contribution in [0.15, 0.2) is 28.7 Å². The number of nitrogens with zero attached hydrogens (tertiary/aromatic N) is 1. The highest BCUT2D eigenvalue weighted by Gasteiger charge is 2.26. The normalized spacial score (nSPS) is 13.9. The molecule has 0 aliphatic rings. The minimum Gasteiger partial charge on any atom is -0.195 e. The van der Waals surface area contributed by atoms with E-state index in [1.807, 2.05) is 38.1 Å². The van der Waals surface area contributed by atoms with Crippen LogP contribution in [-0.4, -0.2) is 19.3 Å². The highest BCUT2D eigenvalue weighted by Crippen LogP contribution is 2.30. The predicted molar refractivity (Wildman–Crippen MR) is 74.3 cm³/mol. The van der Waals surface area contributed by atoms with Crippen LogP contribution in [0, 0.1) is 0 Å². The largest absolute Gasteiger partial charge is 0.300 e. The van der Waals surface area contributed by atoms with Crippen molar-refractivity contribution in [3.63, 3.8) is 0 Å². The van der Waals surface area contributed by atoms with Gasteiger partial charge in [-0.1, -0.05) is 41.1 Å². The summed E-state index contributed by atoms with van der Waals surface area (Å²) in [4.78, 5) is 0. The van der Waals surface area contributed by atoms with Crippen molar-refractivity contribution in [2.24, 2.45) is 0 Å². The molecule has 0 aliphatic carbocycles. The number of hydrogen-bond acceptors (Lipinski definition) is 2. The smallest absolute Gasteiger partial charge is 0.195 e. The minimum atomic E-state index is -3.71. The zero-order valence-electron chi connectivity index (χ0n) is 9.73. The van der Waals surface area contributed by atoms with E-state index in [0.717, 1.165) is 16.5 Å². The average molecular weight is 341 g/mol. The molecule has 17 heavy (non-hydrogen) atoms. The zero-order valence-corrected chi connectivity index (χ0v) is 12.9. The van der Waals surface area contributed by atoms with Crippen molar-refractivity contribution in [2.45, 2.75) is 26.3 Å². The van der Waals surface area contributed by atoms with E-state index < -0.39 is 9.24 Å². The molecule has 0 N–H and O–H groups in total. The van der Waals surface area contributed by atoms with Gasteiger partial charge in [0, 0.05) is 27.7 Å². The third-order valence-electron chi connectivity index (χ3n) is 2.51.